The maximum absolute atomic E-state index is 2.41. The fraction of sp³-hybridized carbons (Fsp3) is 1.00. The van der Waals surface area contributed by atoms with Gasteiger partial charge < -0.3 is 0 Å². The topological polar surface area (TPSA) is 0 Å². The van der Waals surface area contributed by atoms with Crippen LogP contribution in [0.2, 0.25) is 0 Å². The Morgan fingerprint density at radius 2 is 1.20 bits per heavy atom. The van der Waals surface area contributed by atoms with Gasteiger partial charge in [0.15, 0.2) is 0 Å². The molecule has 0 N–H and O–H groups in total. The summed E-state index contributed by atoms with van der Waals surface area (Å²) < 4.78 is 0. The lowest BCUT2D eigenvalue weighted by atomic mass is 9.50. The summed E-state index contributed by atoms with van der Waals surface area (Å²) in [5.41, 5.74) is 2.05. The Balaban J connectivity index is 2.04. The molecular formula is C15H28. The Labute approximate surface area is 95.8 Å². The van der Waals surface area contributed by atoms with Crippen LogP contribution in [0.15, 0.2) is 0 Å². The van der Waals surface area contributed by atoms with Crippen LogP contribution in [0.4, 0.5) is 0 Å². The van der Waals surface area contributed by atoms with E-state index in [1.54, 1.807) is 0 Å². The summed E-state index contributed by atoms with van der Waals surface area (Å²) in [5.74, 6) is 0. The van der Waals surface area contributed by atoms with E-state index in [0.29, 0.717) is 5.41 Å². The molecule has 15 heavy (non-hydrogen) atoms. The average molecular weight is 208 g/mol. The molecule has 0 aromatic carbocycles. The van der Waals surface area contributed by atoms with Crippen molar-refractivity contribution in [1.82, 2.24) is 0 Å². The molecule has 0 aromatic heterocycles. The summed E-state index contributed by atoms with van der Waals surface area (Å²) in [5, 5.41) is 0. The van der Waals surface area contributed by atoms with E-state index in [2.05, 4.69) is 27.7 Å². The molecule has 3 rings (SSSR count). The van der Waals surface area contributed by atoms with Crippen LogP contribution in [0.1, 0.15) is 79.1 Å². The van der Waals surface area contributed by atoms with Gasteiger partial charge in [0, 0.05) is 0 Å². The van der Waals surface area contributed by atoms with Crippen LogP contribution in [0.3, 0.4) is 0 Å². The molecule has 0 atom stereocenters. The van der Waals surface area contributed by atoms with E-state index in [4.69, 9.17) is 0 Å². The van der Waals surface area contributed by atoms with Gasteiger partial charge in [-0.05, 0) is 61.2 Å². The molecule has 3 aliphatic carbocycles. The highest BCUT2D eigenvalue weighted by Crippen LogP contribution is 2.61. The summed E-state index contributed by atoms with van der Waals surface area (Å²) in [6.45, 7) is 9.65. The summed E-state index contributed by atoms with van der Waals surface area (Å²) in [7, 11) is 0. The van der Waals surface area contributed by atoms with Gasteiger partial charge in [0.2, 0.25) is 0 Å². The van der Waals surface area contributed by atoms with Gasteiger partial charge in [-0.15, -0.1) is 0 Å². The fourth-order valence-corrected chi connectivity index (χ4v) is 4.26. The van der Waals surface area contributed by atoms with Gasteiger partial charge in [-0.2, -0.15) is 0 Å². The van der Waals surface area contributed by atoms with E-state index in [0.717, 1.165) is 10.8 Å². The van der Waals surface area contributed by atoms with Gasteiger partial charge in [-0.1, -0.05) is 34.1 Å². The molecule has 3 aliphatic rings. The molecule has 0 unspecified atom stereocenters. The third kappa shape index (κ3) is 2.24. The molecular weight excluding hydrogens is 180 g/mol. The molecule has 0 aliphatic heterocycles. The largest absolute Gasteiger partial charge is 0.0649 e. The predicted molar refractivity (Wildman–Crippen MR) is 66.9 cm³/mol. The number of hydrogen-bond acceptors (Lipinski definition) is 0. The monoisotopic (exact) mass is 208 g/mol. The molecule has 3 fully saturated rings. The minimum absolute atomic E-state index is 0.531. The molecule has 88 valence electrons. The van der Waals surface area contributed by atoms with Crippen molar-refractivity contribution in [3.8, 4) is 0 Å². The van der Waals surface area contributed by atoms with Crippen molar-refractivity contribution in [1.29, 1.82) is 0 Å². The van der Waals surface area contributed by atoms with Crippen LogP contribution in [-0.2, 0) is 0 Å². The number of rotatable bonds is 2. The summed E-state index contributed by atoms with van der Waals surface area (Å²) >= 11 is 0. The smallest absolute Gasteiger partial charge is 0.0292 e. The second-order valence-electron chi connectivity index (χ2n) is 7.59. The van der Waals surface area contributed by atoms with Crippen molar-refractivity contribution in [3.63, 3.8) is 0 Å². The van der Waals surface area contributed by atoms with E-state index in [-0.39, 0.29) is 0 Å². The van der Waals surface area contributed by atoms with Crippen molar-refractivity contribution >= 4 is 0 Å². The molecule has 0 heteroatoms. The Kier molecular flexibility index (Phi) is 2.68. The maximum Gasteiger partial charge on any atom is -0.0292 e. The van der Waals surface area contributed by atoms with Crippen molar-refractivity contribution in [2.75, 3.05) is 0 Å². The predicted octanol–water partition coefficient (Wildman–Crippen LogP) is 5.17. The molecule has 2 bridgehead atoms. The van der Waals surface area contributed by atoms with Gasteiger partial charge in [0.25, 0.3) is 0 Å². The molecule has 0 saturated heterocycles. The molecule has 3 saturated carbocycles. The van der Waals surface area contributed by atoms with Crippen LogP contribution in [0.25, 0.3) is 0 Å². The molecule has 0 nitrogen and oxygen atoms in total. The highest BCUT2D eigenvalue weighted by molar-refractivity contribution is 4.99. The van der Waals surface area contributed by atoms with Gasteiger partial charge >= 0.3 is 0 Å². The molecule has 0 heterocycles. The second-order valence-corrected chi connectivity index (χ2v) is 7.59. The van der Waals surface area contributed by atoms with E-state index in [1.807, 2.05) is 0 Å². The Morgan fingerprint density at radius 1 is 0.800 bits per heavy atom. The van der Waals surface area contributed by atoms with E-state index < -0.39 is 0 Å². The first-order chi connectivity index (χ1) is 6.89. The molecule has 0 spiro atoms. The highest BCUT2D eigenvalue weighted by Gasteiger charge is 2.48. The van der Waals surface area contributed by atoms with E-state index >= 15 is 0 Å². The first kappa shape index (κ1) is 11.5. The van der Waals surface area contributed by atoms with Gasteiger partial charge in [0.1, 0.15) is 0 Å². The van der Waals surface area contributed by atoms with Crippen molar-refractivity contribution in [2.45, 2.75) is 79.1 Å². The second kappa shape index (κ2) is 3.50. The quantitative estimate of drug-likeness (QED) is 0.587. The summed E-state index contributed by atoms with van der Waals surface area (Å²) in [6.07, 6.45) is 12.0. The third-order valence-corrected chi connectivity index (χ3v) is 5.21. The number of hydrogen-bond donors (Lipinski definition) is 0. The zero-order valence-electron chi connectivity index (χ0n) is 11.2. The Bertz CT molecular complexity index is 206. The van der Waals surface area contributed by atoms with Gasteiger partial charge in [-0.3, -0.25) is 0 Å². The average Bonchev–Trinajstić information content (AvgIpc) is 2.17. The molecule has 0 aromatic rings. The van der Waals surface area contributed by atoms with Crippen LogP contribution in [-0.4, -0.2) is 0 Å². The van der Waals surface area contributed by atoms with Crippen molar-refractivity contribution < 1.29 is 0 Å². The zero-order chi connectivity index (χ0) is 11.2. The van der Waals surface area contributed by atoms with Gasteiger partial charge in [0.05, 0.1) is 0 Å². The summed E-state index contributed by atoms with van der Waals surface area (Å²) in [4.78, 5) is 0. The Hall–Kier alpha value is 0. The lowest BCUT2D eigenvalue weighted by Crippen LogP contribution is -2.42. The van der Waals surface area contributed by atoms with Crippen LogP contribution in [0, 0.1) is 16.2 Å². The lowest BCUT2D eigenvalue weighted by Gasteiger charge is -2.55. The van der Waals surface area contributed by atoms with Crippen molar-refractivity contribution in [3.05, 3.63) is 0 Å². The van der Waals surface area contributed by atoms with E-state index in [1.165, 1.54) is 51.4 Å². The third-order valence-electron chi connectivity index (χ3n) is 5.21. The summed E-state index contributed by atoms with van der Waals surface area (Å²) in [6, 6.07) is 0. The lowest BCUT2D eigenvalue weighted by molar-refractivity contribution is -0.0343. The van der Waals surface area contributed by atoms with E-state index in [9.17, 15) is 0 Å². The first-order valence-corrected chi connectivity index (χ1v) is 6.89. The standard InChI is InChI=1S/C15H28/c1-5-14-6-9-15(10-7-14,11-8-14)12-13(2,3)4/h5-12H2,1-4H3. The SMILES string of the molecule is CCC12CCC(CC(C)(C)C)(CC1)CC2. The van der Waals surface area contributed by atoms with Crippen molar-refractivity contribution in [2.24, 2.45) is 16.2 Å². The first-order valence-electron chi connectivity index (χ1n) is 6.89. The highest BCUT2D eigenvalue weighted by atomic mass is 14.5. The Morgan fingerprint density at radius 3 is 1.53 bits per heavy atom. The van der Waals surface area contributed by atoms with Gasteiger partial charge in [-0.25, -0.2) is 0 Å². The van der Waals surface area contributed by atoms with Crippen LogP contribution < -0.4 is 0 Å². The van der Waals surface area contributed by atoms with Crippen LogP contribution in [0.5, 0.6) is 0 Å². The minimum atomic E-state index is 0.531. The zero-order valence-corrected chi connectivity index (χ0v) is 11.2. The maximum atomic E-state index is 2.41. The molecule has 0 radical (unpaired) electrons. The fourth-order valence-electron chi connectivity index (χ4n) is 4.26. The minimum Gasteiger partial charge on any atom is -0.0649 e. The number of fused-ring (bicyclic) bond motifs is 3. The van der Waals surface area contributed by atoms with Crippen LogP contribution >= 0.6 is 0 Å². The molecule has 0 amide bonds. The normalized spacial score (nSPS) is 40.8.